The van der Waals surface area contributed by atoms with E-state index in [4.69, 9.17) is 5.11 Å². The normalized spacial score (nSPS) is 9.90. The maximum atomic E-state index is 12.4. The minimum absolute atomic E-state index is 0.156. The molecular weight excluding hydrogens is 131 g/mol. The Kier molecular flexibility index (Phi) is 2.02. The zero-order chi connectivity index (χ0) is 7.56. The van der Waals surface area contributed by atoms with Gasteiger partial charge in [0, 0.05) is 0 Å². The van der Waals surface area contributed by atoms with Crippen molar-refractivity contribution in [2.75, 3.05) is 0 Å². The summed E-state index contributed by atoms with van der Waals surface area (Å²) in [7, 11) is 0. The molecule has 1 aromatic rings. The zero-order valence-electron chi connectivity index (χ0n) is 5.47. The van der Waals surface area contributed by atoms with Crippen molar-refractivity contribution in [3.05, 3.63) is 42.1 Å². The van der Waals surface area contributed by atoms with Gasteiger partial charge in [-0.25, -0.2) is 4.39 Å². The number of aliphatic hydroxyl groups is 1. The van der Waals surface area contributed by atoms with E-state index in [1.165, 1.54) is 12.1 Å². The summed E-state index contributed by atoms with van der Waals surface area (Å²) in [6.07, 6.45) is 0. The first-order valence-electron chi connectivity index (χ1n) is 2.95. The van der Waals surface area contributed by atoms with Crippen molar-refractivity contribution in [2.45, 2.75) is 6.61 Å². The molecule has 0 spiro atoms. The van der Waals surface area contributed by atoms with Crippen LogP contribution in [-0.2, 0) is 6.61 Å². The van der Waals surface area contributed by atoms with Crippen LogP contribution in [0.15, 0.2) is 18.2 Å². The summed E-state index contributed by atoms with van der Waals surface area (Å²) in [5, 5.41) is 8.64. The summed E-state index contributed by atoms with van der Waals surface area (Å²) in [6.45, 7) is 3.45. The molecule has 1 aromatic carbocycles. The second-order valence-electron chi connectivity index (χ2n) is 2.07. The van der Waals surface area contributed by atoms with Gasteiger partial charge in [0.15, 0.2) is 0 Å². The van der Waals surface area contributed by atoms with E-state index < -0.39 is 0 Å². The van der Waals surface area contributed by atoms with Gasteiger partial charge in [0.25, 0.3) is 0 Å². The van der Waals surface area contributed by atoms with Crippen molar-refractivity contribution >= 4 is 0 Å². The van der Waals surface area contributed by atoms with E-state index in [1.54, 1.807) is 6.07 Å². The predicted octanol–water partition coefficient (Wildman–Crippen LogP) is 1.50. The number of hydrogen-bond donors (Lipinski definition) is 1. The number of benzene rings is 1. The minimum Gasteiger partial charge on any atom is -0.392 e. The smallest absolute Gasteiger partial charge is 0.123 e. The number of hydrogen-bond acceptors (Lipinski definition) is 1. The molecular formula is C8H8FO. The van der Waals surface area contributed by atoms with Gasteiger partial charge >= 0.3 is 0 Å². The highest BCUT2D eigenvalue weighted by atomic mass is 19.1. The summed E-state index contributed by atoms with van der Waals surface area (Å²) in [4.78, 5) is 0. The molecule has 0 aliphatic heterocycles. The Labute approximate surface area is 59.1 Å². The number of rotatable bonds is 1. The molecule has 1 rings (SSSR count). The number of aliphatic hydroxyl groups excluding tert-OH is 1. The lowest BCUT2D eigenvalue weighted by Crippen LogP contribution is -1.88. The van der Waals surface area contributed by atoms with Crippen LogP contribution in [0.25, 0.3) is 0 Å². The van der Waals surface area contributed by atoms with Gasteiger partial charge in [0.05, 0.1) is 6.61 Å². The monoisotopic (exact) mass is 139 g/mol. The Morgan fingerprint density at radius 2 is 2.20 bits per heavy atom. The van der Waals surface area contributed by atoms with Crippen LogP contribution in [0.1, 0.15) is 11.1 Å². The van der Waals surface area contributed by atoms with Crippen molar-refractivity contribution in [1.29, 1.82) is 0 Å². The standard InChI is InChI=1S/C8H8FO/c1-6-2-3-8(9)4-7(6)5-10/h2-4,10H,1,5H2. The molecule has 0 saturated heterocycles. The highest BCUT2D eigenvalue weighted by Gasteiger charge is 1.96. The van der Waals surface area contributed by atoms with Gasteiger partial charge < -0.3 is 5.11 Å². The molecule has 0 aliphatic rings. The van der Waals surface area contributed by atoms with Gasteiger partial charge in [0.2, 0.25) is 0 Å². The molecule has 2 heteroatoms. The first-order valence-corrected chi connectivity index (χ1v) is 2.95. The summed E-state index contributed by atoms with van der Waals surface area (Å²) >= 11 is 0. The molecule has 10 heavy (non-hydrogen) atoms. The molecule has 0 fully saturated rings. The summed E-state index contributed by atoms with van der Waals surface area (Å²) in [6, 6.07) is 4.14. The molecule has 1 nitrogen and oxygen atoms in total. The molecule has 1 N–H and O–H groups in total. The lowest BCUT2D eigenvalue weighted by molar-refractivity contribution is 0.281. The highest BCUT2D eigenvalue weighted by molar-refractivity contribution is 5.29. The topological polar surface area (TPSA) is 20.2 Å². The Bertz CT molecular complexity index is 233. The molecule has 0 saturated carbocycles. The third-order valence-corrected chi connectivity index (χ3v) is 1.34. The zero-order valence-corrected chi connectivity index (χ0v) is 5.47. The van der Waals surface area contributed by atoms with Gasteiger partial charge in [-0.1, -0.05) is 6.07 Å². The van der Waals surface area contributed by atoms with Crippen molar-refractivity contribution < 1.29 is 9.50 Å². The SMILES string of the molecule is [CH2]c1ccc(F)cc1CO. The molecule has 0 atom stereocenters. The molecule has 0 amide bonds. The maximum Gasteiger partial charge on any atom is 0.123 e. The molecule has 0 unspecified atom stereocenters. The number of halogens is 1. The molecule has 0 bridgehead atoms. The van der Waals surface area contributed by atoms with Crippen molar-refractivity contribution in [1.82, 2.24) is 0 Å². The quantitative estimate of drug-likeness (QED) is 0.625. The fraction of sp³-hybridized carbons (Fsp3) is 0.125. The molecule has 0 aliphatic carbocycles. The van der Waals surface area contributed by atoms with Crippen LogP contribution in [0.3, 0.4) is 0 Å². The Morgan fingerprint density at radius 1 is 1.50 bits per heavy atom. The van der Waals surface area contributed by atoms with E-state index >= 15 is 0 Å². The van der Waals surface area contributed by atoms with Crippen LogP contribution in [0.4, 0.5) is 4.39 Å². The molecule has 0 heterocycles. The Hall–Kier alpha value is -0.890. The average molecular weight is 139 g/mol. The molecule has 0 aromatic heterocycles. The van der Waals surface area contributed by atoms with E-state index in [0.717, 1.165) is 0 Å². The van der Waals surface area contributed by atoms with Gasteiger partial charge in [0.1, 0.15) is 5.82 Å². The average Bonchev–Trinajstić information content (AvgIpc) is 1.94. The van der Waals surface area contributed by atoms with Crippen LogP contribution >= 0.6 is 0 Å². The van der Waals surface area contributed by atoms with Crippen molar-refractivity contribution in [2.24, 2.45) is 0 Å². The minimum atomic E-state index is -0.337. The van der Waals surface area contributed by atoms with E-state index in [0.29, 0.717) is 11.1 Å². The maximum absolute atomic E-state index is 12.4. The van der Waals surface area contributed by atoms with Gasteiger partial charge in [-0.15, -0.1) is 0 Å². The lowest BCUT2D eigenvalue weighted by atomic mass is 10.1. The van der Waals surface area contributed by atoms with E-state index in [-0.39, 0.29) is 12.4 Å². The third-order valence-electron chi connectivity index (χ3n) is 1.34. The summed E-state index contributed by atoms with van der Waals surface area (Å²) in [5.41, 5.74) is 1.21. The Morgan fingerprint density at radius 3 is 2.70 bits per heavy atom. The Balaban J connectivity index is 3.09. The van der Waals surface area contributed by atoms with E-state index in [2.05, 4.69) is 6.92 Å². The van der Waals surface area contributed by atoms with E-state index in [9.17, 15) is 4.39 Å². The van der Waals surface area contributed by atoms with Crippen molar-refractivity contribution in [3.8, 4) is 0 Å². The first kappa shape index (κ1) is 7.22. The fourth-order valence-electron chi connectivity index (χ4n) is 0.742. The first-order chi connectivity index (χ1) is 4.74. The van der Waals surface area contributed by atoms with Crippen LogP contribution < -0.4 is 0 Å². The van der Waals surface area contributed by atoms with E-state index in [1.807, 2.05) is 0 Å². The van der Waals surface area contributed by atoms with Crippen LogP contribution in [0.2, 0.25) is 0 Å². The van der Waals surface area contributed by atoms with Crippen LogP contribution in [0, 0.1) is 12.7 Å². The largest absolute Gasteiger partial charge is 0.392 e. The predicted molar refractivity (Wildman–Crippen MR) is 36.8 cm³/mol. The molecule has 53 valence electrons. The summed E-state index contributed by atoms with van der Waals surface area (Å²) in [5.74, 6) is -0.337. The lowest BCUT2D eigenvalue weighted by Gasteiger charge is -1.99. The van der Waals surface area contributed by atoms with Crippen LogP contribution in [-0.4, -0.2) is 5.11 Å². The highest BCUT2D eigenvalue weighted by Crippen LogP contribution is 2.09. The van der Waals surface area contributed by atoms with Crippen LogP contribution in [0.5, 0.6) is 0 Å². The van der Waals surface area contributed by atoms with Gasteiger partial charge in [-0.2, -0.15) is 0 Å². The van der Waals surface area contributed by atoms with Crippen molar-refractivity contribution in [3.63, 3.8) is 0 Å². The third kappa shape index (κ3) is 1.33. The summed E-state index contributed by atoms with van der Waals surface area (Å²) < 4.78 is 12.4. The van der Waals surface area contributed by atoms with Gasteiger partial charge in [-0.3, -0.25) is 0 Å². The molecule has 1 radical (unpaired) electrons. The second-order valence-corrected chi connectivity index (χ2v) is 2.07. The van der Waals surface area contributed by atoms with Gasteiger partial charge in [-0.05, 0) is 30.2 Å². The second kappa shape index (κ2) is 2.80. The fourth-order valence-corrected chi connectivity index (χ4v) is 0.742.